The van der Waals surface area contributed by atoms with E-state index in [1.165, 1.54) is 0 Å². The lowest BCUT2D eigenvalue weighted by atomic mass is 9.97. The van der Waals surface area contributed by atoms with Gasteiger partial charge in [-0.1, -0.05) is 6.92 Å². The molecule has 3 N–H and O–H groups in total. The van der Waals surface area contributed by atoms with Gasteiger partial charge in [0.25, 0.3) is 0 Å². The Bertz CT molecular complexity index is 304. The molecule has 1 rings (SSSR count). The standard InChI is InChI=1S/C13H25N3O4/c1-2-16-6-3-11(4-7-16)9-15-13(19)14-5-8-20-10-12(17)18/h11H,2-10H2,1H3,(H,17,18)(H2,14,15,19). The first-order valence-electron chi connectivity index (χ1n) is 7.15. The molecular formula is C13H25N3O4. The Morgan fingerprint density at radius 1 is 1.30 bits per heavy atom. The molecule has 116 valence electrons. The van der Waals surface area contributed by atoms with Crippen LogP contribution in [0.1, 0.15) is 19.8 Å². The van der Waals surface area contributed by atoms with Crippen molar-refractivity contribution in [3.8, 4) is 0 Å². The van der Waals surface area contributed by atoms with Gasteiger partial charge in [0.2, 0.25) is 0 Å². The summed E-state index contributed by atoms with van der Waals surface area (Å²) in [5.41, 5.74) is 0. The van der Waals surface area contributed by atoms with Crippen LogP contribution in [0, 0.1) is 5.92 Å². The van der Waals surface area contributed by atoms with E-state index in [-0.39, 0.29) is 19.2 Å². The maximum Gasteiger partial charge on any atom is 0.329 e. The molecule has 0 bridgehead atoms. The van der Waals surface area contributed by atoms with Crippen LogP contribution >= 0.6 is 0 Å². The number of carboxylic acid groups (broad SMARTS) is 1. The number of hydrogen-bond donors (Lipinski definition) is 3. The van der Waals surface area contributed by atoms with Crippen LogP contribution in [0.5, 0.6) is 0 Å². The average molecular weight is 287 g/mol. The normalized spacial score (nSPS) is 16.9. The fourth-order valence-electron chi connectivity index (χ4n) is 2.20. The summed E-state index contributed by atoms with van der Waals surface area (Å²) in [6.45, 7) is 6.34. The van der Waals surface area contributed by atoms with Crippen molar-refractivity contribution in [3.63, 3.8) is 0 Å². The van der Waals surface area contributed by atoms with Gasteiger partial charge in [-0.2, -0.15) is 0 Å². The predicted molar refractivity (Wildman–Crippen MR) is 74.7 cm³/mol. The molecular weight excluding hydrogens is 262 g/mol. The highest BCUT2D eigenvalue weighted by molar-refractivity contribution is 5.73. The minimum Gasteiger partial charge on any atom is -0.480 e. The van der Waals surface area contributed by atoms with Crippen molar-refractivity contribution < 1.29 is 19.4 Å². The minimum atomic E-state index is -1.01. The third kappa shape index (κ3) is 7.30. The SMILES string of the molecule is CCN1CCC(CNC(=O)NCCOCC(=O)O)CC1. The van der Waals surface area contributed by atoms with Crippen LogP contribution in [0.4, 0.5) is 4.79 Å². The highest BCUT2D eigenvalue weighted by Gasteiger charge is 2.18. The van der Waals surface area contributed by atoms with E-state index in [0.29, 0.717) is 19.0 Å². The molecule has 0 aromatic carbocycles. The molecule has 0 atom stereocenters. The summed E-state index contributed by atoms with van der Waals surface area (Å²) in [5.74, 6) is -0.459. The highest BCUT2D eigenvalue weighted by Crippen LogP contribution is 2.15. The molecule has 7 heteroatoms. The molecule has 0 aliphatic carbocycles. The number of carbonyl (C=O) groups is 2. The third-order valence-electron chi connectivity index (χ3n) is 3.46. The first-order valence-corrected chi connectivity index (χ1v) is 7.15. The number of urea groups is 1. The largest absolute Gasteiger partial charge is 0.480 e. The number of piperidine rings is 1. The van der Waals surface area contributed by atoms with Gasteiger partial charge in [-0.25, -0.2) is 9.59 Å². The average Bonchev–Trinajstić information content (AvgIpc) is 2.45. The highest BCUT2D eigenvalue weighted by atomic mass is 16.5. The molecule has 0 spiro atoms. The van der Waals surface area contributed by atoms with Crippen molar-refractivity contribution in [3.05, 3.63) is 0 Å². The molecule has 0 aromatic heterocycles. The Kier molecular flexibility index (Phi) is 7.98. The smallest absolute Gasteiger partial charge is 0.329 e. The summed E-state index contributed by atoms with van der Waals surface area (Å²) in [5, 5.41) is 13.8. The van der Waals surface area contributed by atoms with E-state index < -0.39 is 5.97 Å². The number of amides is 2. The zero-order chi connectivity index (χ0) is 14.8. The van der Waals surface area contributed by atoms with E-state index in [4.69, 9.17) is 9.84 Å². The van der Waals surface area contributed by atoms with Gasteiger partial charge in [0.1, 0.15) is 6.61 Å². The van der Waals surface area contributed by atoms with Gasteiger partial charge in [0.05, 0.1) is 6.61 Å². The van der Waals surface area contributed by atoms with Crippen molar-refractivity contribution in [1.82, 2.24) is 15.5 Å². The first kappa shape index (κ1) is 16.7. The fraction of sp³-hybridized carbons (Fsp3) is 0.846. The number of ether oxygens (including phenoxy) is 1. The number of hydrogen-bond acceptors (Lipinski definition) is 4. The summed E-state index contributed by atoms with van der Waals surface area (Å²) in [6, 6.07) is -0.221. The summed E-state index contributed by atoms with van der Waals surface area (Å²) in [6.07, 6.45) is 2.24. The molecule has 1 fully saturated rings. The number of likely N-dealkylation sites (tertiary alicyclic amines) is 1. The van der Waals surface area contributed by atoms with Crippen LogP contribution in [0.25, 0.3) is 0 Å². The Morgan fingerprint density at radius 3 is 2.60 bits per heavy atom. The molecule has 0 saturated carbocycles. The molecule has 20 heavy (non-hydrogen) atoms. The van der Waals surface area contributed by atoms with E-state index in [1.54, 1.807) is 0 Å². The summed E-state index contributed by atoms with van der Waals surface area (Å²) < 4.78 is 4.82. The van der Waals surface area contributed by atoms with Gasteiger partial charge in [-0.3, -0.25) is 0 Å². The lowest BCUT2D eigenvalue weighted by Crippen LogP contribution is -2.42. The fourth-order valence-corrected chi connectivity index (χ4v) is 2.20. The maximum atomic E-state index is 11.5. The molecule has 0 aromatic rings. The Labute approximate surface area is 119 Å². The first-order chi connectivity index (χ1) is 9.61. The lowest BCUT2D eigenvalue weighted by Gasteiger charge is -2.31. The monoisotopic (exact) mass is 287 g/mol. The van der Waals surface area contributed by atoms with Crippen LogP contribution < -0.4 is 10.6 Å². The number of nitrogens with one attached hydrogen (secondary N) is 2. The van der Waals surface area contributed by atoms with Gasteiger partial charge >= 0.3 is 12.0 Å². The van der Waals surface area contributed by atoms with Crippen LogP contribution in [-0.4, -0.2) is 67.9 Å². The van der Waals surface area contributed by atoms with E-state index in [1.807, 2.05) is 0 Å². The second-order valence-electron chi connectivity index (χ2n) is 4.96. The second kappa shape index (κ2) is 9.55. The number of carboxylic acids is 1. The molecule has 7 nitrogen and oxygen atoms in total. The van der Waals surface area contributed by atoms with Gasteiger partial charge in [-0.15, -0.1) is 0 Å². The summed E-state index contributed by atoms with van der Waals surface area (Å²) in [7, 11) is 0. The van der Waals surface area contributed by atoms with Crippen molar-refractivity contribution in [1.29, 1.82) is 0 Å². The predicted octanol–water partition coefficient (Wildman–Crippen LogP) is 0.119. The van der Waals surface area contributed by atoms with Gasteiger partial charge in [-0.05, 0) is 38.4 Å². The Morgan fingerprint density at radius 2 is 2.00 bits per heavy atom. The van der Waals surface area contributed by atoms with E-state index in [0.717, 1.165) is 32.5 Å². The van der Waals surface area contributed by atoms with E-state index >= 15 is 0 Å². The van der Waals surface area contributed by atoms with Crippen LogP contribution in [0.3, 0.4) is 0 Å². The van der Waals surface area contributed by atoms with Crippen LogP contribution in [0.15, 0.2) is 0 Å². The number of carbonyl (C=O) groups excluding carboxylic acids is 1. The van der Waals surface area contributed by atoms with Gasteiger partial charge in [0.15, 0.2) is 0 Å². The zero-order valence-corrected chi connectivity index (χ0v) is 12.1. The van der Waals surface area contributed by atoms with Crippen LogP contribution in [-0.2, 0) is 9.53 Å². The molecule has 1 aliphatic rings. The Balaban J connectivity index is 1.99. The quantitative estimate of drug-likeness (QED) is 0.552. The van der Waals surface area contributed by atoms with E-state index in [2.05, 4.69) is 22.5 Å². The molecule has 0 unspecified atom stereocenters. The zero-order valence-electron chi connectivity index (χ0n) is 12.1. The minimum absolute atomic E-state index is 0.203. The number of rotatable bonds is 8. The molecule has 2 amide bonds. The molecule has 1 saturated heterocycles. The van der Waals surface area contributed by atoms with Crippen LogP contribution in [0.2, 0.25) is 0 Å². The lowest BCUT2D eigenvalue weighted by molar-refractivity contribution is -0.142. The topological polar surface area (TPSA) is 90.9 Å². The van der Waals surface area contributed by atoms with Crippen molar-refractivity contribution in [2.75, 3.05) is 45.9 Å². The third-order valence-corrected chi connectivity index (χ3v) is 3.46. The molecule has 1 aliphatic heterocycles. The number of nitrogens with zero attached hydrogens (tertiary/aromatic N) is 1. The number of aliphatic carboxylic acids is 1. The summed E-state index contributed by atoms with van der Waals surface area (Å²) in [4.78, 5) is 24.1. The van der Waals surface area contributed by atoms with Gasteiger partial charge < -0.3 is 25.4 Å². The van der Waals surface area contributed by atoms with Crippen molar-refractivity contribution in [2.24, 2.45) is 5.92 Å². The second-order valence-corrected chi connectivity index (χ2v) is 4.96. The molecule has 1 heterocycles. The molecule has 0 radical (unpaired) electrons. The van der Waals surface area contributed by atoms with Gasteiger partial charge in [0, 0.05) is 13.1 Å². The van der Waals surface area contributed by atoms with Crippen molar-refractivity contribution >= 4 is 12.0 Å². The van der Waals surface area contributed by atoms with Crippen molar-refractivity contribution in [2.45, 2.75) is 19.8 Å². The Hall–Kier alpha value is -1.34. The van der Waals surface area contributed by atoms with E-state index in [9.17, 15) is 9.59 Å². The summed E-state index contributed by atoms with van der Waals surface area (Å²) >= 11 is 0. The maximum absolute atomic E-state index is 11.5.